The second-order valence-corrected chi connectivity index (χ2v) is 4.28. The highest BCUT2D eigenvalue weighted by atomic mass is 14.0. The zero-order chi connectivity index (χ0) is 11.4. The molecule has 0 spiro atoms. The molecule has 0 heteroatoms. The lowest BCUT2D eigenvalue weighted by Crippen LogP contribution is -1.86. The van der Waals surface area contributed by atoms with E-state index in [9.17, 15) is 0 Å². The maximum atomic E-state index is 3.84. The van der Waals surface area contributed by atoms with Crippen LogP contribution in [-0.2, 0) is 0 Å². The smallest absolute Gasteiger partial charge is 0.0259 e. The molecule has 87 valence electrons. The van der Waals surface area contributed by atoms with Gasteiger partial charge in [0.25, 0.3) is 0 Å². The minimum Gasteiger partial charge on any atom is -0.0845 e. The summed E-state index contributed by atoms with van der Waals surface area (Å²) >= 11 is 0. The van der Waals surface area contributed by atoms with Gasteiger partial charge >= 0.3 is 0 Å². The summed E-state index contributed by atoms with van der Waals surface area (Å²) in [7, 11) is 0. The summed E-state index contributed by atoms with van der Waals surface area (Å²) < 4.78 is 0. The van der Waals surface area contributed by atoms with Gasteiger partial charge in [-0.2, -0.15) is 0 Å². The summed E-state index contributed by atoms with van der Waals surface area (Å²) in [6, 6.07) is 0. The fraction of sp³-hybridized carbons (Fsp3) is 0.667. The highest BCUT2D eigenvalue weighted by molar-refractivity contribution is 5.03. The summed E-state index contributed by atoms with van der Waals surface area (Å²) in [6.07, 6.45) is 17.7. The first kappa shape index (κ1) is 14.5. The van der Waals surface area contributed by atoms with Crippen LogP contribution in [0.15, 0.2) is 24.3 Å². The first-order chi connectivity index (χ1) is 7.31. The van der Waals surface area contributed by atoms with Gasteiger partial charge in [-0.15, -0.1) is 0 Å². The molecule has 0 nitrogen and oxygen atoms in total. The van der Waals surface area contributed by atoms with Crippen molar-refractivity contribution < 1.29 is 0 Å². The van der Waals surface area contributed by atoms with E-state index in [1.54, 1.807) is 0 Å². The van der Waals surface area contributed by atoms with Gasteiger partial charge in [0.2, 0.25) is 0 Å². The van der Waals surface area contributed by atoms with Crippen LogP contribution in [0, 0.1) is 12.8 Å². The average molecular weight is 207 g/mol. The maximum absolute atomic E-state index is 3.84. The lowest BCUT2D eigenvalue weighted by molar-refractivity contribution is 0.634. The number of hydrogen-bond acceptors (Lipinski definition) is 0. The van der Waals surface area contributed by atoms with Crippen molar-refractivity contribution >= 4 is 0 Å². The molecule has 0 N–H and O–H groups in total. The third-order valence-electron chi connectivity index (χ3n) is 2.55. The molecule has 0 aromatic rings. The lowest BCUT2D eigenvalue weighted by atomic mass is 10.1. The fourth-order valence-corrected chi connectivity index (χ4v) is 1.60. The molecule has 0 aliphatic rings. The topological polar surface area (TPSA) is 0 Å². The summed E-state index contributed by atoms with van der Waals surface area (Å²) in [5.41, 5.74) is 0. The summed E-state index contributed by atoms with van der Waals surface area (Å²) in [5, 5.41) is 0. The summed E-state index contributed by atoms with van der Waals surface area (Å²) in [4.78, 5) is 0. The number of allylic oxidation sites excluding steroid dienone is 4. The van der Waals surface area contributed by atoms with Crippen LogP contribution in [0.4, 0.5) is 0 Å². The molecular formula is C15H27. The molecule has 1 unspecified atom stereocenters. The van der Waals surface area contributed by atoms with E-state index in [1.807, 2.05) is 0 Å². The van der Waals surface area contributed by atoms with Crippen LogP contribution in [0.5, 0.6) is 0 Å². The van der Waals surface area contributed by atoms with E-state index in [0.717, 1.165) is 12.3 Å². The first-order valence-corrected chi connectivity index (χ1v) is 6.43. The van der Waals surface area contributed by atoms with Gasteiger partial charge in [-0.25, -0.2) is 0 Å². The molecule has 0 aromatic heterocycles. The van der Waals surface area contributed by atoms with Crippen LogP contribution in [0.1, 0.15) is 58.8 Å². The number of unbranched alkanes of at least 4 members (excludes halogenated alkanes) is 4. The zero-order valence-corrected chi connectivity index (χ0v) is 10.5. The van der Waals surface area contributed by atoms with Gasteiger partial charge in [0, 0.05) is 0 Å². The normalized spacial score (nSPS) is 14.1. The molecule has 0 amide bonds. The Hall–Kier alpha value is -0.520. The minimum atomic E-state index is 0.728. The fourth-order valence-electron chi connectivity index (χ4n) is 1.60. The van der Waals surface area contributed by atoms with Crippen LogP contribution in [0.25, 0.3) is 0 Å². The standard InChI is InChI=1S/C15H27/c1-4-6-7-8-9-10-11-12-14-15(3)13-5-2/h10-12,14-15H,1,4-9,13H2,2-3H3/b11-10+,14-12-. The molecule has 1 atom stereocenters. The van der Waals surface area contributed by atoms with Gasteiger partial charge in [0.05, 0.1) is 0 Å². The first-order valence-electron chi connectivity index (χ1n) is 6.43. The Bertz CT molecular complexity index is 165. The van der Waals surface area contributed by atoms with Gasteiger partial charge in [-0.05, 0) is 25.2 Å². The van der Waals surface area contributed by atoms with E-state index in [0.29, 0.717) is 0 Å². The molecule has 0 heterocycles. The van der Waals surface area contributed by atoms with E-state index in [2.05, 4.69) is 45.1 Å². The molecule has 0 bridgehead atoms. The molecule has 15 heavy (non-hydrogen) atoms. The predicted molar refractivity (Wildman–Crippen MR) is 70.8 cm³/mol. The van der Waals surface area contributed by atoms with Crippen LogP contribution in [-0.4, -0.2) is 0 Å². The van der Waals surface area contributed by atoms with Gasteiger partial charge in [0.1, 0.15) is 0 Å². The van der Waals surface area contributed by atoms with E-state index in [4.69, 9.17) is 0 Å². The molecule has 0 aliphatic carbocycles. The predicted octanol–water partition coefficient (Wildman–Crippen LogP) is 5.32. The van der Waals surface area contributed by atoms with Crippen molar-refractivity contribution in [3.63, 3.8) is 0 Å². The van der Waals surface area contributed by atoms with Crippen molar-refractivity contribution in [1.82, 2.24) is 0 Å². The van der Waals surface area contributed by atoms with Crippen molar-refractivity contribution in [3.8, 4) is 0 Å². The van der Waals surface area contributed by atoms with Gasteiger partial charge in [-0.3, -0.25) is 0 Å². The average Bonchev–Trinajstić information content (AvgIpc) is 2.22. The van der Waals surface area contributed by atoms with Crippen molar-refractivity contribution in [2.45, 2.75) is 58.8 Å². The molecular weight excluding hydrogens is 180 g/mol. The van der Waals surface area contributed by atoms with Crippen molar-refractivity contribution in [2.24, 2.45) is 5.92 Å². The lowest BCUT2D eigenvalue weighted by Gasteiger charge is -2.00. The molecule has 0 fully saturated rings. The molecule has 0 saturated heterocycles. The highest BCUT2D eigenvalue weighted by Gasteiger charge is 1.91. The van der Waals surface area contributed by atoms with Crippen molar-refractivity contribution in [2.75, 3.05) is 0 Å². The second kappa shape index (κ2) is 11.6. The SMILES string of the molecule is [CH2]CCCCC/C=C/C=C\C(C)CCC. The third kappa shape index (κ3) is 11.4. The Morgan fingerprint density at radius 3 is 2.60 bits per heavy atom. The van der Waals surface area contributed by atoms with Crippen LogP contribution < -0.4 is 0 Å². The Morgan fingerprint density at radius 2 is 1.93 bits per heavy atom. The van der Waals surface area contributed by atoms with Crippen LogP contribution in [0.3, 0.4) is 0 Å². The quantitative estimate of drug-likeness (QED) is 0.354. The van der Waals surface area contributed by atoms with Gasteiger partial charge < -0.3 is 0 Å². The van der Waals surface area contributed by atoms with E-state index in [-0.39, 0.29) is 0 Å². The summed E-state index contributed by atoms with van der Waals surface area (Å²) in [6.45, 7) is 8.36. The second-order valence-electron chi connectivity index (χ2n) is 4.28. The van der Waals surface area contributed by atoms with Gasteiger partial charge in [-0.1, -0.05) is 70.8 Å². The van der Waals surface area contributed by atoms with E-state index in [1.165, 1.54) is 38.5 Å². The van der Waals surface area contributed by atoms with Crippen LogP contribution >= 0.6 is 0 Å². The Labute approximate surface area is 96.5 Å². The van der Waals surface area contributed by atoms with E-state index >= 15 is 0 Å². The highest BCUT2D eigenvalue weighted by Crippen LogP contribution is 2.06. The molecule has 0 aromatic carbocycles. The molecule has 0 aliphatic heterocycles. The van der Waals surface area contributed by atoms with Crippen molar-refractivity contribution in [1.29, 1.82) is 0 Å². The Kier molecular flexibility index (Phi) is 11.2. The zero-order valence-electron chi connectivity index (χ0n) is 10.5. The number of hydrogen-bond donors (Lipinski definition) is 0. The summed E-state index contributed by atoms with van der Waals surface area (Å²) in [5.74, 6) is 0.728. The molecule has 0 saturated carbocycles. The third-order valence-corrected chi connectivity index (χ3v) is 2.55. The molecule has 0 rings (SSSR count). The largest absolute Gasteiger partial charge is 0.0845 e. The van der Waals surface area contributed by atoms with E-state index < -0.39 is 0 Å². The Morgan fingerprint density at radius 1 is 1.13 bits per heavy atom. The monoisotopic (exact) mass is 207 g/mol. The number of rotatable bonds is 9. The molecule has 1 radical (unpaired) electrons. The van der Waals surface area contributed by atoms with Gasteiger partial charge in [0.15, 0.2) is 0 Å². The van der Waals surface area contributed by atoms with Crippen molar-refractivity contribution in [3.05, 3.63) is 31.2 Å². The minimum absolute atomic E-state index is 0.728. The van der Waals surface area contributed by atoms with Crippen LogP contribution in [0.2, 0.25) is 0 Å². The Balaban J connectivity index is 3.36. The maximum Gasteiger partial charge on any atom is -0.0259 e.